The first-order valence-electron chi connectivity index (χ1n) is 5.73. The third-order valence-corrected chi connectivity index (χ3v) is 4.32. The minimum Gasteiger partial charge on any atom is -0.495 e. The number of benzene rings is 1. The van der Waals surface area contributed by atoms with Crippen LogP contribution < -0.4 is 10.5 Å². The highest BCUT2D eigenvalue weighted by atomic mass is 32.2. The zero-order chi connectivity index (χ0) is 14.7. The molecule has 0 spiro atoms. The fraction of sp³-hybridized carbons (Fsp3) is 0.462. The average Bonchev–Trinajstić information content (AvgIpc) is 2.24. The molecule has 0 fully saturated rings. The molecule has 0 saturated heterocycles. The van der Waals surface area contributed by atoms with Crippen molar-refractivity contribution in [1.29, 1.82) is 5.26 Å². The lowest BCUT2D eigenvalue weighted by molar-refractivity contribution is 0.413. The Labute approximate surface area is 113 Å². The molecule has 0 aliphatic rings. The maximum atomic E-state index is 12.0. The van der Waals surface area contributed by atoms with Gasteiger partial charge in [0.15, 0.2) is 9.84 Å². The van der Waals surface area contributed by atoms with E-state index in [9.17, 15) is 8.42 Å². The van der Waals surface area contributed by atoms with Gasteiger partial charge in [-0.3, -0.25) is 0 Å². The van der Waals surface area contributed by atoms with E-state index in [-0.39, 0.29) is 11.5 Å². The monoisotopic (exact) mass is 282 g/mol. The third-order valence-electron chi connectivity index (χ3n) is 2.36. The number of hydrogen-bond acceptors (Lipinski definition) is 5. The van der Waals surface area contributed by atoms with E-state index in [0.717, 1.165) is 0 Å². The first-order chi connectivity index (χ1) is 8.67. The topological polar surface area (TPSA) is 93.2 Å². The fourth-order valence-corrected chi connectivity index (χ4v) is 3.71. The molecule has 0 unspecified atom stereocenters. The van der Waals surface area contributed by atoms with Gasteiger partial charge in [-0.1, -0.05) is 6.07 Å². The van der Waals surface area contributed by atoms with E-state index in [2.05, 4.69) is 0 Å². The molecule has 0 atom stereocenters. The number of sulfone groups is 1. The normalized spacial score (nSPS) is 11.9. The molecular weight excluding hydrogens is 264 g/mol. The van der Waals surface area contributed by atoms with Crippen LogP contribution in [0, 0.1) is 11.3 Å². The predicted molar refractivity (Wildman–Crippen MR) is 73.5 cm³/mol. The van der Waals surface area contributed by atoms with Gasteiger partial charge in [-0.05, 0) is 31.5 Å². The molecule has 0 aliphatic carbocycles. The Morgan fingerprint density at radius 2 is 2.05 bits per heavy atom. The van der Waals surface area contributed by atoms with E-state index in [0.29, 0.717) is 16.9 Å². The summed E-state index contributed by atoms with van der Waals surface area (Å²) in [7, 11) is -1.86. The molecule has 0 aromatic heterocycles. The lowest BCUT2D eigenvalue weighted by Crippen LogP contribution is -2.40. The Balaban J connectivity index is 2.98. The molecule has 1 aromatic rings. The number of methoxy groups -OCH3 is 1. The Morgan fingerprint density at radius 3 is 2.53 bits per heavy atom. The molecule has 0 heterocycles. The summed E-state index contributed by atoms with van der Waals surface area (Å²) in [5, 5.41) is 8.86. The summed E-state index contributed by atoms with van der Waals surface area (Å²) in [6.07, 6.45) is 0. The summed E-state index contributed by atoms with van der Waals surface area (Å²) in [6.45, 7) is 3.34. The highest BCUT2D eigenvalue weighted by Crippen LogP contribution is 2.21. The molecule has 0 saturated carbocycles. The molecule has 19 heavy (non-hydrogen) atoms. The van der Waals surface area contributed by atoms with Crippen LogP contribution in [0.25, 0.3) is 0 Å². The number of rotatable bonds is 5. The number of hydrogen-bond donors (Lipinski definition) is 1. The van der Waals surface area contributed by atoms with Crippen LogP contribution in [0.2, 0.25) is 0 Å². The maximum absolute atomic E-state index is 12.0. The molecule has 104 valence electrons. The summed E-state index contributed by atoms with van der Waals surface area (Å²) in [5.41, 5.74) is 5.92. The van der Waals surface area contributed by atoms with Gasteiger partial charge in [0, 0.05) is 5.54 Å². The largest absolute Gasteiger partial charge is 0.495 e. The van der Waals surface area contributed by atoms with Crippen molar-refractivity contribution in [2.45, 2.75) is 25.1 Å². The summed E-state index contributed by atoms with van der Waals surface area (Å²) in [4.78, 5) is 0. The van der Waals surface area contributed by atoms with Gasteiger partial charge in [-0.25, -0.2) is 8.42 Å². The molecule has 0 radical (unpaired) electrons. The van der Waals surface area contributed by atoms with Crippen molar-refractivity contribution in [3.8, 4) is 11.8 Å². The molecule has 1 rings (SSSR count). The highest BCUT2D eigenvalue weighted by molar-refractivity contribution is 7.90. The van der Waals surface area contributed by atoms with Crippen LogP contribution in [0.15, 0.2) is 18.2 Å². The first-order valence-corrected chi connectivity index (χ1v) is 7.55. The average molecular weight is 282 g/mol. The second kappa shape index (κ2) is 5.59. The quantitative estimate of drug-likeness (QED) is 0.876. The molecular formula is C13H18N2O3S. The Hall–Kier alpha value is -1.58. The summed E-state index contributed by atoms with van der Waals surface area (Å²) in [5.74, 6) is 0.167. The van der Waals surface area contributed by atoms with Gasteiger partial charge in [0.25, 0.3) is 0 Å². The zero-order valence-corrected chi connectivity index (χ0v) is 12.1. The number of nitriles is 1. The summed E-state index contributed by atoms with van der Waals surface area (Å²) >= 11 is 0. The lowest BCUT2D eigenvalue weighted by atomic mass is 10.1. The lowest BCUT2D eigenvalue weighted by Gasteiger charge is -2.18. The van der Waals surface area contributed by atoms with Crippen LogP contribution in [0.4, 0.5) is 0 Å². The van der Waals surface area contributed by atoms with E-state index in [1.54, 1.807) is 32.0 Å². The van der Waals surface area contributed by atoms with E-state index < -0.39 is 15.4 Å². The predicted octanol–water partition coefficient (Wildman–Crippen LogP) is 1.22. The van der Waals surface area contributed by atoms with Gasteiger partial charge in [-0.15, -0.1) is 0 Å². The molecule has 5 nitrogen and oxygen atoms in total. The first kappa shape index (κ1) is 15.5. The zero-order valence-electron chi connectivity index (χ0n) is 11.3. The smallest absolute Gasteiger partial charge is 0.156 e. The Bertz CT molecular complexity index is 595. The van der Waals surface area contributed by atoms with Crippen LogP contribution in [0.5, 0.6) is 5.75 Å². The van der Waals surface area contributed by atoms with Crippen molar-refractivity contribution < 1.29 is 13.2 Å². The molecule has 2 N–H and O–H groups in total. The van der Waals surface area contributed by atoms with Crippen LogP contribution in [0.3, 0.4) is 0 Å². The van der Waals surface area contributed by atoms with Crippen LogP contribution in [0.1, 0.15) is 25.0 Å². The van der Waals surface area contributed by atoms with Crippen LogP contribution >= 0.6 is 0 Å². The minimum atomic E-state index is -3.30. The van der Waals surface area contributed by atoms with Crippen molar-refractivity contribution in [1.82, 2.24) is 0 Å². The number of nitrogens with two attached hydrogens (primary N) is 1. The van der Waals surface area contributed by atoms with Crippen molar-refractivity contribution in [2.24, 2.45) is 5.73 Å². The van der Waals surface area contributed by atoms with E-state index >= 15 is 0 Å². The third kappa shape index (κ3) is 4.89. The molecule has 0 amide bonds. The van der Waals surface area contributed by atoms with E-state index in [1.165, 1.54) is 7.11 Å². The molecule has 1 aromatic carbocycles. The van der Waals surface area contributed by atoms with Gasteiger partial charge in [0.1, 0.15) is 11.8 Å². The standard InChI is InChI=1S/C13H18N2O3S/c1-13(2,15)9-19(16,17)8-10-4-5-11(7-14)12(6-10)18-3/h4-6H,8-9,15H2,1-3H3. The Morgan fingerprint density at radius 1 is 1.42 bits per heavy atom. The molecule has 6 heteroatoms. The number of nitrogens with zero attached hydrogens (tertiary/aromatic N) is 1. The second-order valence-electron chi connectivity index (χ2n) is 5.17. The van der Waals surface area contributed by atoms with Crippen molar-refractivity contribution >= 4 is 9.84 Å². The van der Waals surface area contributed by atoms with Gasteiger partial charge in [0.2, 0.25) is 0 Å². The van der Waals surface area contributed by atoms with E-state index in [4.69, 9.17) is 15.7 Å². The van der Waals surface area contributed by atoms with Crippen LogP contribution in [-0.2, 0) is 15.6 Å². The van der Waals surface area contributed by atoms with Gasteiger partial charge >= 0.3 is 0 Å². The number of ether oxygens (including phenoxy) is 1. The van der Waals surface area contributed by atoms with Gasteiger partial charge in [0.05, 0.1) is 24.2 Å². The fourth-order valence-electron chi connectivity index (χ4n) is 1.79. The van der Waals surface area contributed by atoms with Crippen LogP contribution in [-0.4, -0.2) is 26.8 Å². The SMILES string of the molecule is COc1cc(CS(=O)(=O)CC(C)(C)N)ccc1C#N. The van der Waals surface area contributed by atoms with Crippen molar-refractivity contribution in [3.63, 3.8) is 0 Å². The van der Waals surface area contributed by atoms with Crippen molar-refractivity contribution in [2.75, 3.05) is 12.9 Å². The Kier molecular flexibility index (Phi) is 4.56. The second-order valence-corrected chi connectivity index (χ2v) is 7.23. The maximum Gasteiger partial charge on any atom is 0.156 e. The van der Waals surface area contributed by atoms with Gasteiger partial charge < -0.3 is 10.5 Å². The molecule has 0 aliphatic heterocycles. The van der Waals surface area contributed by atoms with Crippen molar-refractivity contribution in [3.05, 3.63) is 29.3 Å². The molecule has 0 bridgehead atoms. The highest BCUT2D eigenvalue weighted by Gasteiger charge is 2.22. The summed E-state index contributed by atoms with van der Waals surface area (Å²) in [6, 6.07) is 6.72. The minimum absolute atomic E-state index is 0.0949. The van der Waals surface area contributed by atoms with Gasteiger partial charge in [-0.2, -0.15) is 5.26 Å². The summed E-state index contributed by atoms with van der Waals surface area (Å²) < 4.78 is 29.0. The van der Waals surface area contributed by atoms with E-state index in [1.807, 2.05) is 6.07 Å².